The zero-order chi connectivity index (χ0) is 11.7. The van der Waals surface area contributed by atoms with Crippen molar-refractivity contribution in [1.82, 2.24) is 29.7 Å². The van der Waals surface area contributed by atoms with Crippen LogP contribution in [-0.4, -0.2) is 42.8 Å². The summed E-state index contributed by atoms with van der Waals surface area (Å²) in [5.74, 6) is 0. The lowest BCUT2D eigenvalue weighted by Gasteiger charge is -2.14. The van der Waals surface area contributed by atoms with E-state index in [9.17, 15) is 0 Å². The molecule has 0 spiro atoms. The SMILES string of the molecule is Cn1cc(CN2CCC(n3cccn3)C2)nn1. The maximum absolute atomic E-state index is 4.30. The Bertz CT molecular complexity index is 474. The standard InChI is InChI=1S/C11H16N6/c1-15-7-10(13-14-15)8-16-6-3-11(9-16)17-5-2-4-12-17/h2,4-5,7,11H,3,6,8-9H2,1H3. The zero-order valence-electron chi connectivity index (χ0n) is 9.90. The Hall–Kier alpha value is -1.69. The van der Waals surface area contributed by atoms with Crippen LogP contribution in [0.1, 0.15) is 18.2 Å². The highest BCUT2D eigenvalue weighted by Crippen LogP contribution is 2.21. The second-order valence-electron chi connectivity index (χ2n) is 4.55. The molecule has 0 saturated carbocycles. The first kappa shape index (κ1) is 10.5. The van der Waals surface area contributed by atoms with Crippen LogP contribution in [0.3, 0.4) is 0 Å². The molecule has 0 aliphatic carbocycles. The van der Waals surface area contributed by atoms with Crippen molar-refractivity contribution in [3.63, 3.8) is 0 Å². The van der Waals surface area contributed by atoms with Gasteiger partial charge < -0.3 is 0 Å². The Labute approximate surface area is 99.8 Å². The Morgan fingerprint density at radius 2 is 2.41 bits per heavy atom. The predicted molar refractivity (Wildman–Crippen MR) is 62.2 cm³/mol. The summed E-state index contributed by atoms with van der Waals surface area (Å²) < 4.78 is 3.80. The van der Waals surface area contributed by atoms with E-state index in [1.165, 1.54) is 0 Å². The number of aryl methyl sites for hydroxylation is 1. The maximum Gasteiger partial charge on any atom is 0.0967 e. The van der Waals surface area contributed by atoms with Crippen molar-refractivity contribution in [3.8, 4) is 0 Å². The summed E-state index contributed by atoms with van der Waals surface area (Å²) in [5.41, 5.74) is 1.04. The Morgan fingerprint density at radius 1 is 1.47 bits per heavy atom. The second-order valence-corrected chi connectivity index (χ2v) is 4.55. The van der Waals surface area contributed by atoms with E-state index in [1.54, 1.807) is 4.68 Å². The molecule has 3 heterocycles. The van der Waals surface area contributed by atoms with Gasteiger partial charge in [0.05, 0.1) is 11.7 Å². The van der Waals surface area contributed by atoms with Gasteiger partial charge in [-0.15, -0.1) is 5.10 Å². The molecule has 0 bridgehead atoms. The van der Waals surface area contributed by atoms with Crippen molar-refractivity contribution in [2.45, 2.75) is 19.0 Å². The normalized spacial score (nSPS) is 21.1. The van der Waals surface area contributed by atoms with E-state index >= 15 is 0 Å². The van der Waals surface area contributed by atoms with Gasteiger partial charge in [-0.1, -0.05) is 5.21 Å². The lowest BCUT2D eigenvalue weighted by atomic mass is 10.3. The average Bonchev–Trinajstić information content (AvgIpc) is 3.00. The highest BCUT2D eigenvalue weighted by molar-refractivity contribution is 4.94. The third-order valence-corrected chi connectivity index (χ3v) is 3.18. The molecule has 90 valence electrons. The van der Waals surface area contributed by atoms with Crippen LogP contribution in [-0.2, 0) is 13.6 Å². The fraction of sp³-hybridized carbons (Fsp3) is 0.545. The van der Waals surface area contributed by atoms with Gasteiger partial charge in [-0.2, -0.15) is 5.10 Å². The molecule has 1 unspecified atom stereocenters. The topological polar surface area (TPSA) is 51.8 Å². The van der Waals surface area contributed by atoms with E-state index in [0.29, 0.717) is 6.04 Å². The highest BCUT2D eigenvalue weighted by atomic mass is 15.4. The zero-order valence-corrected chi connectivity index (χ0v) is 9.90. The molecule has 2 aromatic rings. The number of aromatic nitrogens is 5. The van der Waals surface area contributed by atoms with Gasteiger partial charge >= 0.3 is 0 Å². The number of likely N-dealkylation sites (tertiary alicyclic amines) is 1. The molecule has 3 rings (SSSR count). The van der Waals surface area contributed by atoms with E-state index < -0.39 is 0 Å². The van der Waals surface area contributed by atoms with Gasteiger partial charge in [-0.05, 0) is 12.5 Å². The first-order chi connectivity index (χ1) is 8.31. The average molecular weight is 232 g/mol. The van der Waals surface area contributed by atoms with Crippen molar-refractivity contribution in [2.75, 3.05) is 13.1 Å². The summed E-state index contributed by atoms with van der Waals surface area (Å²) in [6, 6.07) is 2.48. The third kappa shape index (κ3) is 2.21. The molecule has 0 radical (unpaired) electrons. The molecule has 0 amide bonds. The summed E-state index contributed by atoms with van der Waals surface area (Å²) >= 11 is 0. The van der Waals surface area contributed by atoms with Crippen molar-refractivity contribution < 1.29 is 0 Å². The first-order valence-electron chi connectivity index (χ1n) is 5.88. The summed E-state index contributed by atoms with van der Waals surface area (Å²) in [7, 11) is 1.90. The molecule has 0 N–H and O–H groups in total. The summed E-state index contributed by atoms with van der Waals surface area (Å²) in [6.45, 7) is 3.02. The lowest BCUT2D eigenvalue weighted by molar-refractivity contribution is 0.308. The van der Waals surface area contributed by atoms with Crippen LogP contribution in [0.15, 0.2) is 24.7 Å². The molecule has 1 atom stereocenters. The van der Waals surface area contributed by atoms with Gasteiger partial charge in [-0.25, -0.2) is 0 Å². The van der Waals surface area contributed by atoms with Crippen molar-refractivity contribution >= 4 is 0 Å². The number of nitrogens with zero attached hydrogens (tertiary/aromatic N) is 6. The van der Waals surface area contributed by atoms with Crippen LogP contribution < -0.4 is 0 Å². The van der Waals surface area contributed by atoms with Crippen molar-refractivity contribution in [2.24, 2.45) is 7.05 Å². The van der Waals surface area contributed by atoms with Gasteiger partial charge in [0.1, 0.15) is 0 Å². The molecule has 6 nitrogen and oxygen atoms in total. The van der Waals surface area contributed by atoms with E-state index in [4.69, 9.17) is 0 Å². The van der Waals surface area contributed by atoms with E-state index in [1.807, 2.05) is 31.7 Å². The molecular weight excluding hydrogens is 216 g/mol. The van der Waals surface area contributed by atoms with E-state index in [0.717, 1.165) is 31.7 Å². The number of rotatable bonds is 3. The summed E-state index contributed by atoms with van der Waals surface area (Å²) in [4.78, 5) is 2.40. The van der Waals surface area contributed by atoms with Crippen LogP contribution in [0, 0.1) is 0 Å². The molecule has 1 aliphatic heterocycles. The van der Waals surface area contributed by atoms with Crippen LogP contribution in [0.5, 0.6) is 0 Å². The van der Waals surface area contributed by atoms with Crippen LogP contribution >= 0.6 is 0 Å². The minimum Gasteiger partial charge on any atom is -0.295 e. The predicted octanol–water partition coefficient (Wildman–Crippen LogP) is 0.459. The largest absolute Gasteiger partial charge is 0.295 e. The highest BCUT2D eigenvalue weighted by Gasteiger charge is 2.24. The third-order valence-electron chi connectivity index (χ3n) is 3.18. The monoisotopic (exact) mass is 232 g/mol. The summed E-state index contributed by atoms with van der Waals surface area (Å²) in [6.07, 6.45) is 7.00. The molecular formula is C11H16N6. The Kier molecular flexibility index (Phi) is 2.64. The quantitative estimate of drug-likeness (QED) is 0.771. The minimum absolute atomic E-state index is 0.502. The fourth-order valence-electron chi connectivity index (χ4n) is 2.37. The smallest absolute Gasteiger partial charge is 0.0967 e. The van der Waals surface area contributed by atoms with Gasteiger partial charge in [0.2, 0.25) is 0 Å². The van der Waals surface area contributed by atoms with Crippen molar-refractivity contribution in [1.29, 1.82) is 0 Å². The number of hydrogen-bond acceptors (Lipinski definition) is 4. The first-order valence-corrected chi connectivity index (χ1v) is 5.88. The summed E-state index contributed by atoms with van der Waals surface area (Å²) in [5, 5.41) is 12.4. The second kappa shape index (κ2) is 4.29. The lowest BCUT2D eigenvalue weighted by Crippen LogP contribution is -2.21. The van der Waals surface area contributed by atoms with Gasteiger partial charge in [0.15, 0.2) is 0 Å². The maximum atomic E-state index is 4.30. The Morgan fingerprint density at radius 3 is 3.12 bits per heavy atom. The van der Waals surface area contributed by atoms with Crippen LogP contribution in [0.4, 0.5) is 0 Å². The fourth-order valence-corrected chi connectivity index (χ4v) is 2.37. The van der Waals surface area contributed by atoms with Crippen LogP contribution in [0.25, 0.3) is 0 Å². The molecule has 6 heteroatoms. The van der Waals surface area contributed by atoms with Gasteiger partial charge in [-0.3, -0.25) is 14.3 Å². The van der Waals surface area contributed by atoms with Crippen molar-refractivity contribution in [3.05, 3.63) is 30.4 Å². The van der Waals surface area contributed by atoms with Gasteiger partial charge in [0, 0.05) is 45.3 Å². The number of hydrogen-bond donors (Lipinski definition) is 0. The van der Waals surface area contributed by atoms with E-state index in [-0.39, 0.29) is 0 Å². The molecule has 1 fully saturated rings. The van der Waals surface area contributed by atoms with Gasteiger partial charge in [0.25, 0.3) is 0 Å². The van der Waals surface area contributed by atoms with Crippen LogP contribution in [0.2, 0.25) is 0 Å². The molecule has 1 saturated heterocycles. The molecule has 1 aliphatic rings. The Balaban J connectivity index is 1.61. The van der Waals surface area contributed by atoms with E-state index in [2.05, 4.69) is 25.0 Å². The molecule has 2 aromatic heterocycles. The minimum atomic E-state index is 0.502. The molecule has 0 aromatic carbocycles. The molecule has 17 heavy (non-hydrogen) atoms.